The molecule has 0 radical (unpaired) electrons. The molecule has 0 saturated heterocycles. The second-order valence-corrected chi connectivity index (χ2v) is 7.09. The van der Waals surface area contributed by atoms with E-state index in [1.807, 2.05) is 0 Å². The van der Waals surface area contributed by atoms with Gasteiger partial charge in [0, 0.05) is 23.6 Å². The largest absolute Gasteiger partial charge is 0.490 e. The summed E-state index contributed by atoms with van der Waals surface area (Å²) < 4.78 is 16.0. The van der Waals surface area contributed by atoms with Gasteiger partial charge in [-0.25, -0.2) is 9.79 Å². The number of carbonyl (C=O) groups is 2. The molecule has 0 atom stereocenters. The number of halogens is 1. The molecule has 166 valence electrons. The normalized spacial score (nSPS) is 14.2. The highest BCUT2D eigenvalue weighted by atomic mass is 35.5. The van der Waals surface area contributed by atoms with E-state index in [0.717, 1.165) is 0 Å². The van der Waals surface area contributed by atoms with Crippen molar-refractivity contribution in [3.05, 3.63) is 67.9 Å². The lowest BCUT2D eigenvalue weighted by molar-refractivity contribution is -0.385. The van der Waals surface area contributed by atoms with Crippen molar-refractivity contribution in [1.29, 1.82) is 0 Å². The molecule has 0 aliphatic carbocycles. The van der Waals surface area contributed by atoms with E-state index in [4.69, 9.17) is 25.8 Å². The van der Waals surface area contributed by atoms with Gasteiger partial charge in [0.2, 0.25) is 5.90 Å². The fourth-order valence-corrected chi connectivity index (χ4v) is 3.11. The van der Waals surface area contributed by atoms with Crippen molar-refractivity contribution < 1.29 is 28.7 Å². The van der Waals surface area contributed by atoms with Gasteiger partial charge in [-0.2, -0.15) is 0 Å². The van der Waals surface area contributed by atoms with E-state index in [2.05, 4.69) is 4.99 Å². The van der Waals surface area contributed by atoms with E-state index in [1.54, 1.807) is 39.0 Å². The average Bonchev–Trinajstić information content (AvgIpc) is 3.10. The van der Waals surface area contributed by atoms with Crippen molar-refractivity contribution in [1.82, 2.24) is 0 Å². The van der Waals surface area contributed by atoms with Crippen LogP contribution in [0.1, 0.15) is 37.0 Å². The van der Waals surface area contributed by atoms with Crippen LogP contribution in [-0.2, 0) is 14.3 Å². The lowest BCUT2D eigenvalue weighted by Crippen LogP contribution is -2.08. The van der Waals surface area contributed by atoms with E-state index < -0.39 is 16.9 Å². The number of hydrogen-bond acceptors (Lipinski definition) is 8. The summed E-state index contributed by atoms with van der Waals surface area (Å²) in [7, 11) is 0. The van der Waals surface area contributed by atoms with E-state index in [1.165, 1.54) is 18.2 Å². The topological polar surface area (TPSA) is 117 Å². The molecule has 0 bridgehead atoms. The Labute approximate surface area is 188 Å². The summed E-state index contributed by atoms with van der Waals surface area (Å²) in [6, 6.07) is 7.48. The standard InChI is InChI=1S/C22H19ClN2O7/c1-4-19(26)31-20-15(23)8-13(10-18(20)30-5-2)9-16-22(27)32-21(24-16)14-7-6-12(3)17(11-14)25(28)29/h6-11H,4-5H2,1-3H3/b16-9-. The van der Waals surface area contributed by atoms with Crippen LogP contribution < -0.4 is 9.47 Å². The molecule has 0 aromatic heterocycles. The Morgan fingerprint density at radius 2 is 2.03 bits per heavy atom. The Bertz CT molecular complexity index is 1170. The van der Waals surface area contributed by atoms with Crippen molar-refractivity contribution in [2.24, 2.45) is 4.99 Å². The van der Waals surface area contributed by atoms with Crippen LogP contribution in [0, 0.1) is 17.0 Å². The molecule has 0 saturated carbocycles. The summed E-state index contributed by atoms with van der Waals surface area (Å²) in [5.41, 5.74) is 1.10. The Morgan fingerprint density at radius 3 is 2.69 bits per heavy atom. The third kappa shape index (κ3) is 4.94. The van der Waals surface area contributed by atoms with Gasteiger partial charge in [-0.15, -0.1) is 0 Å². The van der Waals surface area contributed by atoms with Gasteiger partial charge in [-0.3, -0.25) is 14.9 Å². The molecule has 32 heavy (non-hydrogen) atoms. The number of ether oxygens (including phenoxy) is 3. The van der Waals surface area contributed by atoms with Crippen LogP contribution >= 0.6 is 11.6 Å². The molecule has 0 fully saturated rings. The summed E-state index contributed by atoms with van der Waals surface area (Å²) in [6.07, 6.45) is 1.59. The predicted octanol–water partition coefficient (Wildman–Crippen LogP) is 4.62. The van der Waals surface area contributed by atoms with Crippen LogP contribution in [-0.4, -0.2) is 29.4 Å². The van der Waals surface area contributed by atoms with Crippen LogP contribution in [0.25, 0.3) is 6.08 Å². The molecule has 1 aliphatic rings. The summed E-state index contributed by atoms with van der Waals surface area (Å²) in [5.74, 6) is -0.918. The zero-order chi connectivity index (χ0) is 23.4. The number of cyclic esters (lactones) is 1. The van der Waals surface area contributed by atoms with Crippen LogP contribution in [0.15, 0.2) is 41.0 Å². The van der Waals surface area contributed by atoms with Crippen LogP contribution in [0.4, 0.5) is 5.69 Å². The maximum Gasteiger partial charge on any atom is 0.363 e. The molecule has 0 spiro atoms. The Morgan fingerprint density at radius 1 is 1.28 bits per heavy atom. The van der Waals surface area contributed by atoms with Crippen molar-refractivity contribution in [3.8, 4) is 11.5 Å². The first-order valence-electron chi connectivity index (χ1n) is 9.68. The highest BCUT2D eigenvalue weighted by molar-refractivity contribution is 6.32. The predicted molar refractivity (Wildman–Crippen MR) is 117 cm³/mol. The fourth-order valence-electron chi connectivity index (χ4n) is 2.85. The minimum Gasteiger partial charge on any atom is -0.490 e. The third-order valence-corrected chi connectivity index (χ3v) is 4.69. The van der Waals surface area contributed by atoms with E-state index in [0.29, 0.717) is 23.3 Å². The summed E-state index contributed by atoms with van der Waals surface area (Å²) in [4.78, 5) is 38.8. The highest BCUT2D eigenvalue weighted by Crippen LogP contribution is 2.38. The number of esters is 2. The number of aliphatic imine (C=N–C) groups is 1. The number of nitro groups is 1. The van der Waals surface area contributed by atoms with Gasteiger partial charge < -0.3 is 14.2 Å². The van der Waals surface area contributed by atoms with E-state index in [9.17, 15) is 19.7 Å². The van der Waals surface area contributed by atoms with Crippen molar-refractivity contribution in [2.45, 2.75) is 27.2 Å². The zero-order valence-corrected chi connectivity index (χ0v) is 18.3. The quantitative estimate of drug-likeness (QED) is 0.195. The molecule has 10 heteroatoms. The fraction of sp³-hybridized carbons (Fsp3) is 0.227. The molecule has 9 nitrogen and oxygen atoms in total. The zero-order valence-electron chi connectivity index (χ0n) is 17.5. The third-order valence-electron chi connectivity index (χ3n) is 4.41. The van der Waals surface area contributed by atoms with Crippen molar-refractivity contribution in [2.75, 3.05) is 6.61 Å². The monoisotopic (exact) mass is 458 g/mol. The van der Waals surface area contributed by atoms with Gasteiger partial charge in [-0.1, -0.05) is 24.6 Å². The SMILES string of the molecule is CCOc1cc(/C=C2\N=C(c3ccc(C)c([N+](=O)[O-])c3)OC2=O)cc(Cl)c1OC(=O)CC. The van der Waals surface area contributed by atoms with Crippen molar-refractivity contribution in [3.63, 3.8) is 0 Å². The first-order chi connectivity index (χ1) is 15.2. The Balaban J connectivity index is 1.98. The summed E-state index contributed by atoms with van der Waals surface area (Å²) in [5, 5.41) is 11.3. The van der Waals surface area contributed by atoms with Crippen LogP contribution in [0.2, 0.25) is 5.02 Å². The van der Waals surface area contributed by atoms with Gasteiger partial charge in [-0.05, 0) is 43.7 Å². The Kier molecular flexibility index (Phi) is 6.89. The van der Waals surface area contributed by atoms with Gasteiger partial charge in [0.25, 0.3) is 5.69 Å². The smallest absolute Gasteiger partial charge is 0.363 e. The van der Waals surface area contributed by atoms with E-state index >= 15 is 0 Å². The molecule has 3 rings (SSSR count). The average molecular weight is 459 g/mol. The van der Waals surface area contributed by atoms with Gasteiger partial charge in [0.1, 0.15) is 0 Å². The second-order valence-electron chi connectivity index (χ2n) is 6.69. The molecular weight excluding hydrogens is 440 g/mol. The van der Waals surface area contributed by atoms with Gasteiger partial charge in [0.05, 0.1) is 16.6 Å². The minimum atomic E-state index is -0.723. The van der Waals surface area contributed by atoms with Crippen LogP contribution in [0.5, 0.6) is 11.5 Å². The summed E-state index contributed by atoms with van der Waals surface area (Å²) >= 11 is 6.28. The minimum absolute atomic E-state index is 0.0277. The van der Waals surface area contributed by atoms with Crippen LogP contribution in [0.3, 0.4) is 0 Å². The first-order valence-corrected chi connectivity index (χ1v) is 10.1. The van der Waals surface area contributed by atoms with Crippen molar-refractivity contribution >= 4 is 41.2 Å². The van der Waals surface area contributed by atoms with Gasteiger partial charge >= 0.3 is 11.9 Å². The molecular formula is C22H19ClN2O7. The lowest BCUT2D eigenvalue weighted by atomic mass is 10.1. The van der Waals surface area contributed by atoms with Gasteiger partial charge in [0.15, 0.2) is 17.2 Å². The second kappa shape index (κ2) is 9.61. The first kappa shape index (κ1) is 23.0. The lowest BCUT2D eigenvalue weighted by Gasteiger charge is -2.13. The maximum absolute atomic E-state index is 12.3. The number of aryl methyl sites for hydroxylation is 1. The number of carbonyl (C=O) groups excluding carboxylic acids is 2. The number of nitrogens with zero attached hydrogens (tertiary/aromatic N) is 2. The molecule has 0 unspecified atom stereocenters. The highest BCUT2D eigenvalue weighted by Gasteiger charge is 2.26. The molecule has 2 aromatic carbocycles. The number of nitro benzene ring substituents is 1. The number of benzene rings is 2. The number of hydrogen-bond donors (Lipinski definition) is 0. The molecule has 1 heterocycles. The maximum atomic E-state index is 12.3. The van der Waals surface area contributed by atoms with E-state index in [-0.39, 0.29) is 40.2 Å². The molecule has 1 aliphatic heterocycles. The molecule has 0 N–H and O–H groups in total. The molecule has 2 aromatic rings. The molecule has 0 amide bonds. The Hall–Kier alpha value is -3.72. The number of rotatable bonds is 7. The summed E-state index contributed by atoms with van der Waals surface area (Å²) in [6.45, 7) is 5.32.